The third kappa shape index (κ3) is 2.44. The van der Waals surface area contributed by atoms with Gasteiger partial charge in [-0.05, 0) is 31.0 Å². The highest BCUT2D eigenvalue weighted by Crippen LogP contribution is 2.38. The Morgan fingerprint density at radius 3 is 2.79 bits per heavy atom. The van der Waals surface area contributed by atoms with Gasteiger partial charge in [-0.25, -0.2) is 0 Å². The molecule has 0 unspecified atom stereocenters. The lowest BCUT2D eigenvalue weighted by molar-refractivity contribution is 0.112. The zero-order valence-electron chi connectivity index (χ0n) is 10.9. The fourth-order valence-electron chi connectivity index (χ4n) is 3.06. The molecule has 0 saturated carbocycles. The molecule has 1 aliphatic heterocycles. The van der Waals surface area contributed by atoms with Gasteiger partial charge in [-0.1, -0.05) is 30.3 Å². The van der Waals surface area contributed by atoms with Crippen LogP contribution < -0.4 is 0 Å². The molecule has 1 saturated heterocycles. The minimum absolute atomic E-state index is 0.0728. The first-order valence-electron chi connectivity index (χ1n) is 6.84. The summed E-state index contributed by atoms with van der Waals surface area (Å²) in [6, 6.07) is 12.7. The molecule has 0 bridgehead atoms. The molecule has 1 fully saturated rings. The van der Waals surface area contributed by atoms with Crippen LogP contribution in [0.5, 0.6) is 0 Å². The molecule has 19 heavy (non-hydrogen) atoms. The molecular weight excluding hydrogens is 238 g/mol. The van der Waals surface area contributed by atoms with E-state index in [1.54, 1.807) is 6.26 Å². The van der Waals surface area contributed by atoms with E-state index in [1.807, 2.05) is 30.5 Å². The molecular formula is C16H19NO2. The summed E-state index contributed by atoms with van der Waals surface area (Å²) in [4.78, 5) is 2.39. The van der Waals surface area contributed by atoms with E-state index in [1.165, 1.54) is 17.5 Å². The monoisotopic (exact) mass is 257 g/mol. The first-order valence-corrected chi connectivity index (χ1v) is 6.84. The van der Waals surface area contributed by atoms with E-state index >= 15 is 0 Å². The van der Waals surface area contributed by atoms with Crippen molar-refractivity contribution in [1.29, 1.82) is 0 Å². The van der Waals surface area contributed by atoms with Crippen LogP contribution in [0.25, 0.3) is 0 Å². The van der Waals surface area contributed by atoms with E-state index in [4.69, 9.17) is 4.42 Å². The Hall–Kier alpha value is -1.58. The molecule has 1 N–H and O–H groups in total. The highest BCUT2D eigenvalue weighted by molar-refractivity contribution is 5.22. The number of hydrogen-bond donors (Lipinski definition) is 1. The number of furan rings is 1. The molecule has 3 heteroatoms. The lowest BCUT2D eigenvalue weighted by atomic mass is 10.0. The maximum Gasteiger partial charge on any atom is 0.0950 e. The van der Waals surface area contributed by atoms with Crippen molar-refractivity contribution in [1.82, 2.24) is 4.90 Å². The SMILES string of the molecule is OC[C@@H](c1ccccc1)N1CCC[C@H]1c1ccoc1. The van der Waals surface area contributed by atoms with Crippen LogP contribution in [-0.2, 0) is 0 Å². The molecule has 3 nitrogen and oxygen atoms in total. The molecule has 100 valence electrons. The predicted octanol–water partition coefficient (Wildman–Crippen LogP) is 3.15. The number of rotatable bonds is 4. The Bertz CT molecular complexity index is 495. The Morgan fingerprint density at radius 1 is 1.26 bits per heavy atom. The van der Waals surface area contributed by atoms with Gasteiger partial charge in [-0.15, -0.1) is 0 Å². The van der Waals surface area contributed by atoms with E-state index in [2.05, 4.69) is 17.0 Å². The average molecular weight is 257 g/mol. The van der Waals surface area contributed by atoms with Crippen molar-refractivity contribution >= 4 is 0 Å². The Morgan fingerprint density at radius 2 is 2.11 bits per heavy atom. The van der Waals surface area contributed by atoms with Crippen LogP contribution in [0, 0.1) is 0 Å². The highest BCUT2D eigenvalue weighted by Gasteiger charge is 2.32. The number of benzene rings is 1. The summed E-state index contributed by atoms with van der Waals surface area (Å²) in [5.74, 6) is 0. The fourth-order valence-corrected chi connectivity index (χ4v) is 3.06. The summed E-state index contributed by atoms with van der Waals surface area (Å²) < 4.78 is 5.21. The Kier molecular flexibility index (Phi) is 3.67. The van der Waals surface area contributed by atoms with E-state index in [0.717, 1.165) is 13.0 Å². The maximum atomic E-state index is 9.79. The van der Waals surface area contributed by atoms with Gasteiger partial charge < -0.3 is 9.52 Å². The molecule has 1 aromatic heterocycles. The minimum atomic E-state index is 0.0728. The normalized spacial score (nSPS) is 21.6. The van der Waals surface area contributed by atoms with Gasteiger partial charge in [0.25, 0.3) is 0 Å². The molecule has 1 aliphatic rings. The van der Waals surface area contributed by atoms with Crippen LogP contribution in [0.15, 0.2) is 53.3 Å². The predicted molar refractivity (Wildman–Crippen MR) is 73.7 cm³/mol. The molecule has 1 aromatic carbocycles. The van der Waals surface area contributed by atoms with Crippen LogP contribution in [0.4, 0.5) is 0 Å². The lowest BCUT2D eigenvalue weighted by Crippen LogP contribution is -2.30. The zero-order chi connectivity index (χ0) is 13.1. The van der Waals surface area contributed by atoms with Crippen molar-refractivity contribution in [2.45, 2.75) is 24.9 Å². The largest absolute Gasteiger partial charge is 0.472 e. The Balaban J connectivity index is 1.87. The number of aliphatic hydroxyl groups excluding tert-OH is 1. The van der Waals surface area contributed by atoms with Gasteiger partial charge in [0, 0.05) is 11.6 Å². The first-order chi connectivity index (χ1) is 9.40. The molecule has 0 radical (unpaired) electrons. The van der Waals surface area contributed by atoms with Crippen LogP contribution in [0.2, 0.25) is 0 Å². The molecule has 0 aliphatic carbocycles. The number of nitrogens with zero attached hydrogens (tertiary/aromatic N) is 1. The van der Waals surface area contributed by atoms with Crippen molar-refractivity contribution in [3.05, 3.63) is 60.1 Å². The third-order valence-electron chi connectivity index (χ3n) is 3.98. The molecule has 3 rings (SSSR count). The van der Waals surface area contributed by atoms with Crippen molar-refractivity contribution in [3.8, 4) is 0 Å². The second-order valence-corrected chi connectivity index (χ2v) is 5.06. The van der Waals surface area contributed by atoms with Crippen LogP contribution in [-0.4, -0.2) is 23.2 Å². The van der Waals surface area contributed by atoms with Gasteiger partial charge in [0.2, 0.25) is 0 Å². The summed E-state index contributed by atoms with van der Waals surface area (Å²) >= 11 is 0. The van der Waals surface area contributed by atoms with Crippen LogP contribution in [0.3, 0.4) is 0 Å². The highest BCUT2D eigenvalue weighted by atomic mass is 16.3. The summed E-state index contributed by atoms with van der Waals surface area (Å²) in [5, 5.41) is 9.79. The molecule has 2 aromatic rings. The van der Waals surface area contributed by atoms with Gasteiger partial charge >= 0.3 is 0 Å². The smallest absolute Gasteiger partial charge is 0.0950 e. The number of aliphatic hydroxyl groups is 1. The third-order valence-corrected chi connectivity index (χ3v) is 3.98. The maximum absolute atomic E-state index is 9.79. The zero-order valence-corrected chi connectivity index (χ0v) is 10.9. The number of likely N-dealkylation sites (tertiary alicyclic amines) is 1. The van der Waals surface area contributed by atoms with Crippen molar-refractivity contribution < 1.29 is 9.52 Å². The van der Waals surface area contributed by atoms with Crippen molar-refractivity contribution in [2.24, 2.45) is 0 Å². The van der Waals surface area contributed by atoms with E-state index in [-0.39, 0.29) is 12.6 Å². The lowest BCUT2D eigenvalue weighted by Gasteiger charge is -2.31. The quantitative estimate of drug-likeness (QED) is 0.914. The topological polar surface area (TPSA) is 36.6 Å². The van der Waals surface area contributed by atoms with Crippen molar-refractivity contribution in [2.75, 3.05) is 13.2 Å². The van der Waals surface area contributed by atoms with Gasteiger partial charge in [-0.2, -0.15) is 0 Å². The second kappa shape index (κ2) is 5.59. The van der Waals surface area contributed by atoms with Crippen LogP contribution >= 0.6 is 0 Å². The summed E-state index contributed by atoms with van der Waals surface area (Å²) in [5.41, 5.74) is 2.40. The molecule has 0 amide bonds. The molecule has 0 spiro atoms. The van der Waals surface area contributed by atoms with Gasteiger partial charge in [-0.3, -0.25) is 4.90 Å². The van der Waals surface area contributed by atoms with E-state index < -0.39 is 0 Å². The molecule has 2 atom stereocenters. The number of hydrogen-bond acceptors (Lipinski definition) is 3. The standard InChI is InChI=1S/C16H19NO2/c18-11-16(13-5-2-1-3-6-13)17-9-4-7-15(17)14-8-10-19-12-14/h1-3,5-6,8,10,12,15-16,18H,4,7,9,11H2/t15-,16-/m0/s1. The summed E-state index contributed by atoms with van der Waals surface area (Å²) in [7, 11) is 0. The van der Waals surface area contributed by atoms with E-state index in [9.17, 15) is 5.11 Å². The second-order valence-electron chi connectivity index (χ2n) is 5.06. The fraction of sp³-hybridized carbons (Fsp3) is 0.375. The summed E-state index contributed by atoms with van der Waals surface area (Å²) in [6.07, 6.45) is 5.84. The molecule has 2 heterocycles. The average Bonchev–Trinajstić information content (AvgIpc) is 3.11. The van der Waals surface area contributed by atoms with Gasteiger partial charge in [0.15, 0.2) is 0 Å². The summed E-state index contributed by atoms with van der Waals surface area (Å²) in [6.45, 7) is 1.17. The Labute approximate surface area is 113 Å². The van der Waals surface area contributed by atoms with Gasteiger partial charge in [0.05, 0.1) is 25.2 Å². The van der Waals surface area contributed by atoms with Crippen LogP contribution in [0.1, 0.15) is 36.1 Å². The van der Waals surface area contributed by atoms with Crippen molar-refractivity contribution in [3.63, 3.8) is 0 Å². The minimum Gasteiger partial charge on any atom is -0.472 e. The first kappa shape index (κ1) is 12.5. The van der Waals surface area contributed by atoms with Gasteiger partial charge in [0.1, 0.15) is 0 Å². The van der Waals surface area contributed by atoms with E-state index in [0.29, 0.717) is 6.04 Å².